The molecule has 2 heterocycles. The Morgan fingerprint density at radius 1 is 0.967 bits per heavy atom. The number of amides is 2. The van der Waals surface area contributed by atoms with Gasteiger partial charge >= 0.3 is 0 Å². The number of nitrogens with zero attached hydrogens (tertiary/aromatic N) is 2. The second-order valence-corrected chi connectivity index (χ2v) is 9.26. The number of benzene rings is 2. The van der Waals surface area contributed by atoms with Crippen molar-refractivity contribution in [2.24, 2.45) is 5.41 Å². The minimum atomic E-state index is -0.434. The van der Waals surface area contributed by atoms with Crippen LogP contribution in [0.3, 0.4) is 0 Å². The molecule has 2 amide bonds. The lowest BCUT2D eigenvalue weighted by atomic mass is 9.67. The summed E-state index contributed by atoms with van der Waals surface area (Å²) in [5.41, 5.74) is 3.73. The second kappa shape index (κ2) is 7.66. The summed E-state index contributed by atoms with van der Waals surface area (Å²) in [7, 11) is 0. The highest BCUT2D eigenvalue weighted by molar-refractivity contribution is 6.00. The van der Waals surface area contributed by atoms with Crippen molar-refractivity contribution in [1.82, 2.24) is 9.80 Å². The molecule has 5 rings (SSSR count). The van der Waals surface area contributed by atoms with Gasteiger partial charge in [0.2, 0.25) is 11.8 Å². The number of carbonyl (C=O) groups excluding carboxylic acids is 2. The number of aryl methyl sites for hydroxylation is 1. The van der Waals surface area contributed by atoms with Crippen molar-refractivity contribution in [1.29, 1.82) is 0 Å². The summed E-state index contributed by atoms with van der Waals surface area (Å²) >= 11 is 0. The molecule has 0 bridgehead atoms. The number of hydrogen-bond donors (Lipinski definition) is 0. The molecule has 4 nitrogen and oxygen atoms in total. The van der Waals surface area contributed by atoms with Crippen molar-refractivity contribution in [2.75, 3.05) is 19.6 Å². The van der Waals surface area contributed by atoms with E-state index in [-0.39, 0.29) is 17.7 Å². The Balaban J connectivity index is 1.36. The maximum Gasteiger partial charge on any atom is 0.236 e. The smallest absolute Gasteiger partial charge is 0.236 e. The zero-order chi connectivity index (χ0) is 20.7. The molecule has 2 atom stereocenters. The molecule has 0 aromatic heterocycles. The normalized spacial score (nSPS) is 26.0. The largest absolute Gasteiger partial charge is 0.300 e. The summed E-state index contributed by atoms with van der Waals surface area (Å²) in [4.78, 5) is 29.7. The third-order valence-electron chi connectivity index (χ3n) is 7.81. The lowest BCUT2D eigenvalue weighted by Crippen LogP contribution is -2.51. The number of likely N-dealkylation sites (tertiary alicyclic amines) is 2. The number of imide groups is 1. The average molecular weight is 403 g/mol. The summed E-state index contributed by atoms with van der Waals surface area (Å²) in [6.45, 7) is 3.92. The first-order valence-electron chi connectivity index (χ1n) is 11.3. The Kier molecular flexibility index (Phi) is 4.98. The molecule has 1 spiro atoms. The third-order valence-corrected chi connectivity index (χ3v) is 7.81. The van der Waals surface area contributed by atoms with Crippen LogP contribution in [0.5, 0.6) is 0 Å². The lowest BCUT2D eigenvalue weighted by Gasteiger charge is -2.45. The van der Waals surface area contributed by atoms with Gasteiger partial charge in [0.1, 0.15) is 0 Å². The molecule has 2 aromatic carbocycles. The topological polar surface area (TPSA) is 40.6 Å². The van der Waals surface area contributed by atoms with E-state index in [1.54, 1.807) is 0 Å². The Bertz CT molecular complexity index is 947. The van der Waals surface area contributed by atoms with Gasteiger partial charge in [-0.05, 0) is 61.9 Å². The van der Waals surface area contributed by atoms with E-state index < -0.39 is 5.41 Å². The lowest BCUT2D eigenvalue weighted by molar-refractivity contribution is -0.147. The third kappa shape index (κ3) is 3.18. The summed E-state index contributed by atoms with van der Waals surface area (Å²) in [5, 5.41) is 0. The average Bonchev–Trinajstić information content (AvgIpc) is 3.07. The summed E-state index contributed by atoms with van der Waals surface area (Å²) in [6, 6.07) is 19.7. The van der Waals surface area contributed by atoms with Crippen LogP contribution in [0.15, 0.2) is 54.6 Å². The molecule has 0 radical (unpaired) electrons. The first-order valence-corrected chi connectivity index (χ1v) is 11.3. The minimum Gasteiger partial charge on any atom is -0.300 e. The molecule has 1 aliphatic carbocycles. The Labute approximate surface area is 178 Å². The van der Waals surface area contributed by atoms with Gasteiger partial charge in [0.05, 0.1) is 5.41 Å². The summed E-state index contributed by atoms with van der Waals surface area (Å²) in [5.74, 6) is 0.0333. The minimum absolute atomic E-state index is 0.0532. The monoisotopic (exact) mass is 402 g/mol. The molecule has 0 saturated carbocycles. The molecule has 4 heteroatoms. The van der Waals surface area contributed by atoms with Gasteiger partial charge in [-0.15, -0.1) is 0 Å². The van der Waals surface area contributed by atoms with Gasteiger partial charge in [0.25, 0.3) is 0 Å². The quantitative estimate of drug-likeness (QED) is 0.767. The molecular formula is C26H30N2O2. The van der Waals surface area contributed by atoms with Crippen LogP contribution in [0, 0.1) is 5.41 Å². The first-order chi connectivity index (χ1) is 14.6. The van der Waals surface area contributed by atoms with Crippen LogP contribution in [0.1, 0.15) is 48.8 Å². The van der Waals surface area contributed by atoms with E-state index in [0.29, 0.717) is 12.6 Å². The second-order valence-electron chi connectivity index (χ2n) is 9.26. The molecule has 2 aromatic rings. The van der Waals surface area contributed by atoms with Crippen LogP contribution in [0.2, 0.25) is 0 Å². The van der Waals surface area contributed by atoms with Crippen molar-refractivity contribution >= 4 is 11.8 Å². The van der Waals surface area contributed by atoms with Gasteiger partial charge in [-0.25, -0.2) is 0 Å². The van der Waals surface area contributed by atoms with E-state index in [0.717, 1.165) is 38.8 Å². The number of rotatable bonds is 2. The number of hydrogen-bond acceptors (Lipinski definition) is 3. The Hall–Kier alpha value is -2.46. The zero-order valence-corrected chi connectivity index (χ0v) is 17.7. The fraction of sp³-hybridized carbons (Fsp3) is 0.462. The van der Waals surface area contributed by atoms with E-state index in [9.17, 15) is 9.59 Å². The van der Waals surface area contributed by atoms with Crippen LogP contribution in [-0.2, 0) is 22.4 Å². The molecule has 3 aliphatic rings. The van der Waals surface area contributed by atoms with Crippen LogP contribution < -0.4 is 0 Å². The molecule has 30 heavy (non-hydrogen) atoms. The molecule has 2 saturated heterocycles. The molecule has 2 aliphatic heterocycles. The molecular weight excluding hydrogens is 372 g/mol. The van der Waals surface area contributed by atoms with Gasteiger partial charge in [-0.2, -0.15) is 0 Å². The highest BCUT2D eigenvalue weighted by Gasteiger charge is 2.56. The van der Waals surface area contributed by atoms with E-state index in [4.69, 9.17) is 0 Å². The van der Waals surface area contributed by atoms with E-state index in [1.165, 1.54) is 34.9 Å². The highest BCUT2D eigenvalue weighted by atomic mass is 16.2. The van der Waals surface area contributed by atoms with Gasteiger partial charge < -0.3 is 0 Å². The molecule has 1 unspecified atom stereocenters. The highest BCUT2D eigenvalue weighted by Crippen LogP contribution is 2.51. The van der Waals surface area contributed by atoms with Crippen molar-refractivity contribution in [3.8, 4) is 0 Å². The maximum absolute atomic E-state index is 13.4. The first kappa shape index (κ1) is 19.5. The Morgan fingerprint density at radius 3 is 2.33 bits per heavy atom. The van der Waals surface area contributed by atoms with Gasteiger partial charge in [0, 0.05) is 25.4 Å². The van der Waals surface area contributed by atoms with E-state index in [1.807, 2.05) is 18.2 Å². The van der Waals surface area contributed by atoms with Crippen LogP contribution in [-0.4, -0.2) is 47.3 Å². The Morgan fingerprint density at radius 2 is 1.63 bits per heavy atom. The predicted molar refractivity (Wildman–Crippen MR) is 117 cm³/mol. The molecule has 0 N–H and O–H groups in total. The predicted octanol–water partition coefficient (Wildman–Crippen LogP) is 3.80. The van der Waals surface area contributed by atoms with E-state index in [2.05, 4.69) is 41.3 Å². The maximum atomic E-state index is 13.4. The van der Waals surface area contributed by atoms with Crippen molar-refractivity contribution < 1.29 is 9.59 Å². The number of fused-ring (bicyclic) bond motifs is 1. The fourth-order valence-electron chi connectivity index (χ4n) is 6.08. The fourth-order valence-corrected chi connectivity index (χ4v) is 6.08. The molecule has 156 valence electrons. The molecule has 2 fully saturated rings. The van der Waals surface area contributed by atoms with E-state index >= 15 is 0 Å². The van der Waals surface area contributed by atoms with Crippen molar-refractivity contribution in [2.45, 2.75) is 51.0 Å². The van der Waals surface area contributed by atoms with Crippen molar-refractivity contribution in [3.05, 3.63) is 71.3 Å². The van der Waals surface area contributed by atoms with Crippen LogP contribution in [0.4, 0.5) is 0 Å². The van der Waals surface area contributed by atoms with Crippen LogP contribution >= 0.6 is 0 Å². The zero-order valence-electron chi connectivity index (χ0n) is 17.7. The van der Waals surface area contributed by atoms with Crippen LogP contribution in [0.25, 0.3) is 0 Å². The summed E-state index contributed by atoms with van der Waals surface area (Å²) in [6.07, 6.45) is 5.13. The SMILES string of the molecule is CC(=O)N1C[C@@H](c2ccccc2)C2(CCN(C3CCc4ccccc4C3)CC2)C1=O. The number of piperidine rings is 1. The standard InChI is InChI=1S/C26H30N2O2/c1-19(29)28-18-24(21-8-3-2-4-9-21)26(25(28)30)13-15-27(16-14-26)23-12-11-20-7-5-6-10-22(20)17-23/h2-10,23-24H,11-18H2,1H3/t23?,24-/m0/s1. The summed E-state index contributed by atoms with van der Waals surface area (Å²) < 4.78 is 0. The van der Waals surface area contributed by atoms with Crippen molar-refractivity contribution in [3.63, 3.8) is 0 Å². The van der Waals surface area contributed by atoms with Gasteiger partial charge in [-0.3, -0.25) is 19.4 Å². The number of carbonyl (C=O) groups is 2. The van der Waals surface area contributed by atoms with Gasteiger partial charge in [-0.1, -0.05) is 54.6 Å². The van der Waals surface area contributed by atoms with Gasteiger partial charge in [0.15, 0.2) is 0 Å².